The van der Waals surface area contributed by atoms with E-state index < -0.39 is 11.4 Å². The molecular weight excluding hydrogens is 270 g/mol. The average Bonchev–Trinajstić information content (AvgIpc) is 2.90. The zero-order valence-electron chi connectivity index (χ0n) is 11.1. The van der Waals surface area contributed by atoms with E-state index in [1.165, 1.54) is 0 Å². The molecule has 1 atom stereocenters. The van der Waals surface area contributed by atoms with Gasteiger partial charge in [-0.05, 0) is 42.8 Å². The summed E-state index contributed by atoms with van der Waals surface area (Å²) < 4.78 is 14.4. The van der Waals surface area contributed by atoms with Crippen LogP contribution in [0.25, 0.3) is 10.9 Å². The summed E-state index contributed by atoms with van der Waals surface area (Å²) in [6.45, 7) is 2.02. The lowest BCUT2D eigenvalue weighted by Crippen LogP contribution is -2.11. The molecule has 0 amide bonds. The van der Waals surface area contributed by atoms with Crippen LogP contribution in [0.2, 0.25) is 0 Å². The molecule has 0 radical (unpaired) electrons. The topological polar surface area (TPSA) is 48.2 Å². The number of rotatable bonds is 3. The zero-order valence-corrected chi connectivity index (χ0v) is 11.9. The lowest BCUT2D eigenvalue weighted by Gasteiger charge is -2.11. The first-order valence-electron chi connectivity index (χ1n) is 6.39. The smallest absolute Gasteiger partial charge is 0.180 e. The van der Waals surface area contributed by atoms with E-state index >= 15 is 0 Å². The highest BCUT2D eigenvalue weighted by atomic mass is 32.2. The summed E-state index contributed by atoms with van der Waals surface area (Å²) in [5, 5.41) is 10.1. The standard InChI is InChI=1S/C16H15NO2S/c1-12-2-5-15(6-3-12)20(19)17-9-8-14-10-13(11-18)4-7-16(14)17/h2-10,18H,11H2,1H3. The van der Waals surface area contributed by atoms with Gasteiger partial charge in [0.15, 0.2) is 4.90 Å². The molecular formula is C16H15NO2S. The van der Waals surface area contributed by atoms with Crippen molar-refractivity contribution in [1.82, 2.24) is 3.97 Å². The molecule has 102 valence electrons. The fourth-order valence-electron chi connectivity index (χ4n) is 2.18. The van der Waals surface area contributed by atoms with Crippen molar-refractivity contribution in [3.8, 4) is 0 Å². The molecule has 0 bridgehead atoms. The van der Waals surface area contributed by atoms with E-state index in [0.29, 0.717) is 0 Å². The van der Waals surface area contributed by atoms with Gasteiger partial charge >= 0.3 is 0 Å². The van der Waals surface area contributed by atoms with E-state index in [2.05, 4.69) is 0 Å². The summed E-state index contributed by atoms with van der Waals surface area (Å²) in [6.07, 6.45) is 1.82. The summed E-state index contributed by atoms with van der Waals surface area (Å²) in [5.41, 5.74) is 2.91. The van der Waals surface area contributed by atoms with E-state index in [0.717, 1.165) is 26.9 Å². The zero-order chi connectivity index (χ0) is 14.1. The Kier molecular flexibility index (Phi) is 3.53. The average molecular weight is 285 g/mol. The van der Waals surface area contributed by atoms with Crippen LogP contribution in [0.15, 0.2) is 59.6 Å². The predicted octanol–water partition coefficient (Wildman–Crippen LogP) is 3.01. The van der Waals surface area contributed by atoms with Gasteiger partial charge in [0, 0.05) is 5.39 Å². The molecule has 3 aromatic rings. The maximum Gasteiger partial charge on any atom is 0.180 e. The molecule has 0 spiro atoms. The number of nitrogens with zero attached hydrogens (tertiary/aromatic N) is 1. The monoisotopic (exact) mass is 285 g/mol. The number of hydrogen-bond acceptors (Lipinski definition) is 2. The molecule has 0 saturated heterocycles. The van der Waals surface area contributed by atoms with Gasteiger partial charge in [-0.25, -0.2) is 0 Å². The van der Waals surface area contributed by atoms with Gasteiger partial charge in [-0.2, -0.15) is 3.97 Å². The lowest BCUT2D eigenvalue weighted by atomic mass is 10.2. The van der Waals surface area contributed by atoms with Crippen LogP contribution in [-0.4, -0.2) is 13.6 Å². The van der Waals surface area contributed by atoms with Crippen molar-refractivity contribution in [2.75, 3.05) is 0 Å². The summed E-state index contributed by atoms with van der Waals surface area (Å²) in [7, 11) is 0. The van der Waals surface area contributed by atoms with Gasteiger partial charge in [-0.1, -0.05) is 23.8 Å². The molecule has 1 unspecified atom stereocenters. The highest BCUT2D eigenvalue weighted by Crippen LogP contribution is 2.23. The Labute approximate surface area is 120 Å². The van der Waals surface area contributed by atoms with Crippen LogP contribution in [0.1, 0.15) is 11.1 Å². The molecule has 20 heavy (non-hydrogen) atoms. The highest BCUT2D eigenvalue weighted by molar-refractivity contribution is 7.90. The molecule has 2 aromatic carbocycles. The molecule has 4 heteroatoms. The quantitative estimate of drug-likeness (QED) is 0.752. The van der Waals surface area contributed by atoms with Crippen molar-refractivity contribution in [2.24, 2.45) is 0 Å². The predicted molar refractivity (Wildman–Crippen MR) is 80.8 cm³/mol. The van der Waals surface area contributed by atoms with Gasteiger partial charge in [0.2, 0.25) is 0 Å². The van der Waals surface area contributed by atoms with Gasteiger partial charge in [-0.3, -0.25) is 0 Å². The number of aromatic nitrogens is 1. The Morgan fingerprint density at radius 2 is 1.85 bits per heavy atom. The van der Waals surface area contributed by atoms with E-state index in [-0.39, 0.29) is 6.61 Å². The van der Waals surface area contributed by atoms with E-state index in [9.17, 15) is 4.55 Å². The lowest BCUT2D eigenvalue weighted by molar-refractivity contribution is 0.282. The third-order valence-electron chi connectivity index (χ3n) is 3.30. The molecule has 3 rings (SSSR count). The summed E-state index contributed by atoms with van der Waals surface area (Å²) in [6, 6.07) is 15.3. The third-order valence-corrected chi connectivity index (χ3v) is 4.65. The third kappa shape index (κ3) is 2.33. The number of aryl methyl sites for hydroxylation is 1. The number of fused-ring (bicyclic) bond motifs is 1. The van der Waals surface area contributed by atoms with Crippen molar-refractivity contribution < 1.29 is 9.66 Å². The van der Waals surface area contributed by atoms with Crippen LogP contribution in [0, 0.1) is 6.92 Å². The number of aliphatic hydroxyl groups is 1. The molecule has 1 heterocycles. The van der Waals surface area contributed by atoms with Gasteiger partial charge in [0.05, 0.1) is 18.3 Å². The van der Waals surface area contributed by atoms with Gasteiger partial charge in [0.25, 0.3) is 0 Å². The maximum atomic E-state index is 12.6. The molecule has 0 saturated carbocycles. The molecule has 0 fully saturated rings. The fraction of sp³-hybridized carbons (Fsp3) is 0.125. The number of aliphatic hydroxyl groups excluding tert-OH is 1. The van der Waals surface area contributed by atoms with Crippen molar-refractivity contribution >= 4 is 22.3 Å². The van der Waals surface area contributed by atoms with Crippen LogP contribution >= 0.6 is 0 Å². The van der Waals surface area contributed by atoms with E-state index in [1.54, 1.807) is 3.97 Å². The van der Waals surface area contributed by atoms with E-state index in [1.807, 2.05) is 61.7 Å². The van der Waals surface area contributed by atoms with Crippen molar-refractivity contribution in [2.45, 2.75) is 18.4 Å². The molecule has 3 nitrogen and oxygen atoms in total. The summed E-state index contributed by atoms with van der Waals surface area (Å²) >= 11 is -1.25. The molecule has 1 N–H and O–H groups in total. The summed E-state index contributed by atoms with van der Waals surface area (Å²) in [4.78, 5) is 0.777. The Hall–Kier alpha value is -1.75. The molecule has 0 aliphatic rings. The van der Waals surface area contributed by atoms with Crippen LogP contribution in [-0.2, 0) is 18.0 Å². The Morgan fingerprint density at radius 1 is 1.10 bits per heavy atom. The molecule has 0 aliphatic heterocycles. The first kappa shape index (κ1) is 13.2. The van der Waals surface area contributed by atoms with E-state index in [4.69, 9.17) is 5.11 Å². The normalized spacial score (nSPS) is 12.8. The highest BCUT2D eigenvalue weighted by Gasteiger charge is 2.16. The van der Waals surface area contributed by atoms with Crippen molar-refractivity contribution in [1.29, 1.82) is 0 Å². The van der Waals surface area contributed by atoms with Gasteiger partial charge < -0.3 is 9.66 Å². The SMILES string of the molecule is Cc1ccc([S+]([O-])n2ccc3cc(CO)ccc32)cc1. The molecule has 1 aromatic heterocycles. The second-order valence-corrected chi connectivity index (χ2v) is 6.12. The first-order chi connectivity index (χ1) is 9.69. The van der Waals surface area contributed by atoms with Crippen molar-refractivity contribution in [3.05, 3.63) is 65.9 Å². The second kappa shape index (κ2) is 5.32. The first-order valence-corrected chi connectivity index (χ1v) is 7.49. The second-order valence-electron chi connectivity index (χ2n) is 4.76. The Bertz CT molecular complexity index is 734. The van der Waals surface area contributed by atoms with Crippen LogP contribution < -0.4 is 0 Å². The van der Waals surface area contributed by atoms with Gasteiger partial charge in [0.1, 0.15) is 11.4 Å². The minimum atomic E-state index is -1.25. The van der Waals surface area contributed by atoms with Gasteiger partial charge in [-0.15, -0.1) is 0 Å². The largest absolute Gasteiger partial charge is 0.587 e. The van der Waals surface area contributed by atoms with Crippen LogP contribution in [0.4, 0.5) is 0 Å². The maximum absolute atomic E-state index is 12.6. The molecule has 0 aliphatic carbocycles. The Balaban J connectivity index is 2.03. The number of benzene rings is 2. The number of hydrogen-bond donors (Lipinski definition) is 1. The van der Waals surface area contributed by atoms with Crippen LogP contribution in [0.5, 0.6) is 0 Å². The Morgan fingerprint density at radius 3 is 2.55 bits per heavy atom. The minimum Gasteiger partial charge on any atom is -0.587 e. The summed E-state index contributed by atoms with van der Waals surface area (Å²) in [5.74, 6) is 0. The minimum absolute atomic E-state index is 0.0160. The fourth-order valence-corrected chi connectivity index (χ4v) is 3.29. The van der Waals surface area contributed by atoms with Crippen molar-refractivity contribution in [3.63, 3.8) is 0 Å². The van der Waals surface area contributed by atoms with Crippen LogP contribution in [0.3, 0.4) is 0 Å².